The standard InChI is InChI=1S/C23H16BrCl2FN4O4/c24-14-5-6-20(35-12-21(32)29-17-9-15(25)8-16(26)10-17)13(7-14)11-28-31-23(34)22(33)30-19-4-2-1-3-18(19)27/h1-11H,12H2,(H,29,32)(H,30,33)(H,31,34)/b28-11-. The third-order valence-electron chi connectivity index (χ3n) is 4.17. The lowest BCUT2D eigenvalue weighted by Gasteiger charge is -2.10. The van der Waals surface area contributed by atoms with Crippen LogP contribution in [-0.2, 0) is 14.4 Å². The first-order chi connectivity index (χ1) is 16.7. The summed E-state index contributed by atoms with van der Waals surface area (Å²) < 4.78 is 19.9. The highest BCUT2D eigenvalue weighted by Crippen LogP contribution is 2.24. The van der Waals surface area contributed by atoms with Crippen molar-refractivity contribution in [1.82, 2.24) is 5.43 Å². The van der Waals surface area contributed by atoms with Crippen LogP contribution in [0.3, 0.4) is 0 Å². The summed E-state index contributed by atoms with van der Waals surface area (Å²) in [5.41, 5.74) is 2.71. The minimum absolute atomic E-state index is 0.141. The highest BCUT2D eigenvalue weighted by molar-refractivity contribution is 9.10. The van der Waals surface area contributed by atoms with Gasteiger partial charge in [0.25, 0.3) is 5.91 Å². The van der Waals surface area contributed by atoms with Crippen molar-refractivity contribution in [3.63, 3.8) is 0 Å². The second-order valence-corrected chi connectivity index (χ2v) is 8.60. The van der Waals surface area contributed by atoms with Crippen LogP contribution in [0.4, 0.5) is 15.8 Å². The molecule has 180 valence electrons. The van der Waals surface area contributed by atoms with Gasteiger partial charge in [-0.3, -0.25) is 14.4 Å². The van der Waals surface area contributed by atoms with Crippen molar-refractivity contribution in [3.8, 4) is 5.75 Å². The average molecular weight is 582 g/mol. The molecule has 35 heavy (non-hydrogen) atoms. The highest BCUT2D eigenvalue weighted by Gasteiger charge is 2.15. The molecule has 0 aromatic heterocycles. The Balaban J connectivity index is 1.59. The number of para-hydroxylation sites is 1. The van der Waals surface area contributed by atoms with Crippen LogP contribution in [0, 0.1) is 5.82 Å². The van der Waals surface area contributed by atoms with Gasteiger partial charge < -0.3 is 15.4 Å². The van der Waals surface area contributed by atoms with E-state index in [0.29, 0.717) is 25.8 Å². The number of ether oxygens (including phenoxy) is 1. The molecule has 0 fully saturated rings. The SMILES string of the molecule is O=C(COc1ccc(Br)cc1/C=N\NC(=O)C(=O)Nc1ccccc1F)Nc1cc(Cl)cc(Cl)c1. The smallest absolute Gasteiger partial charge is 0.329 e. The first kappa shape index (κ1) is 26.1. The van der Waals surface area contributed by atoms with Gasteiger partial charge >= 0.3 is 11.8 Å². The van der Waals surface area contributed by atoms with Crippen LogP contribution in [0.15, 0.2) is 70.2 Å². The largest absolute Gasteiger partial charge is 0.483 e. The summed E-state index contributed by atoms with van der Waals surface area (Å²) in [5.74, 6) is -3.08. The van der Waals surface area contributed by atoms with Crippen molar-refractivity contribution in [3.05, 3.63) is 86.6 Å². The summed E-state index contributed by atoms with van der Waals surface area (Å²) in [6, 6.07) is 14.9. The van der Waals surface area contributed by atoms with Crippen LogP contribution >= 0.6 is 39.1 Å². The predicted molar refractivity (Wildman–Crippen MR) is 135 cm³/mol. The summed E-state index contributed by atoms with van der Waals surface area (Å²) in [4.78, 5) is 36.2. The van der Waals surface area contributed by atoms with Crippen molar-refractivity contribution < 1.29 is 23.5 Å². The lowest BCUT2D eigenvalue weighted by Crippen LogP contribution is -2.32. The number of rotatable bonds is 7. The lowest BCUT2D eigenvalue weighted by atomic mass is 10.2. The van der Waals surface area contributed by atoms with Gasteiger partial charge in [-0.25, -0.2) is 9.82 Å². The fraction of sp³-hybridized carbons (Fsp3) is 0.0435. The molecule has 3 N–H and O–H groups in total. The van der Waals surface area contributed by atoms with Crippen molar-refractivity contribution in [2.75, 3.05) is 17.2 Å². The topological polar surface area (TPSA) is 109 Å². The number of halogens is 4. The molecule has 0 aliphatic heterocycles. The van der Waals surface area contributed by atoms with Crippen LogP contribution in [0.5, 0.6) is 5.75 Å². The van der Waals surface area contributed by atoms with Crippen molar-refractivity contribution in [2.24, 2.45) is 5.10 Å². The van der Waals surface area contributed by atoms with E-state index in [1.807, 2.05) is 5.43 Å². The zero-order valence-electron chi connectivity index (χ0n) is 17.7. The molecule has 0 heterocycles. The molecule has 12 heteroatoms. The van der Waals surface area contributed by atoms with E-state index in [1.54, 1.807) is 18.2 Å². The number of nitrogens with one attached hydrogen (secondary N) is 3. The Morgan fingerprint density at radius 1 is 0.971 bits per heavy atom. The molecular weight excluding hydrogens is 566 g/mol. The van der Waals surface area contributed by atoms with E-state index in [1.165, 1.54) is 42.6 Å². The normalized spacial score (nSPS) is 10.6. The van der Waals surface area contributed by atoms with Crippen LogP contribution in [0.2, 0.25) is 10.0 Å². The number of hydrogen-bond acceptors (Lipinski definition) is 5. The predicted octanol–water partition coefficient (Wildman–Crippen LogP) is 5.00. The zero-order valence-corrected chi connectivity index (χ0v) is 20.7. The molecule has 0 aliphatic carbocycles. The van der Waals surface area contributed by atoms with Crippen LogP contribution < -0.4 is 20.8 Å². The first-order valence-corrected chi connectivity index (χ1v) is 11.3. The monoisotopic (exact) mass is 580 g/mol. The molecule has 3 rings (SSSR count). The van der Waals surface area contributed by atoms with E-state index in [0.717, 1.165) is 6.07 Å². The molecule has 3 aromatic rings. The van der Waals surface area contributed by atoms with Crippen molar-refractivity contribution >= 4 is 74.4 Å². The van der Waals surface area contributed by atoms with Gasteiger partial charge in [0.2, 0.25) is 0 Å². The number of hydrazone groups is 1. The Morgan fingerprint density at radius 2 is 1.69 bits per heavy atom. The van der Waals surface area contributed by atoms with Crippen molar-refractivity contribution in [1.29, 1.82) is 0 Å². The fourth-order valence-electron chi connectivity index (χ4n) is 2.67. The number of anilines is 2. The van der Waals surface area contributed by atoms with Crippen molar-refractivity contribution in [2.45, 2.75) is 0 Å². The molecule has 0 unspecified atom stereocenters. The lowest BCUT2D eigenvalue weighted by molar-refractivity contribution is -0.136. The van der Waals surface area contributed by atoms with Crippen LogP contribution in [0.25, 0.3) is 0 Å². The molecule has 0 aliphatic rings. The number of amides is 3. The average Bonchev–Trinajstić information content (AvgIpc) is 2.79. The summed E-state index contributed by atoms with van der Waals surface area (Å²) in [6.45, 7) is -0.343. The molecule has 0 spiro atoms. The maximum Gasteiger partial charge on any atom is 0.329 e. The van der Waals surface area contributed by atoms with E-state index in [-0.39, 0.29) is 18.0 Å². The molecule has 0 saturated heterocycles. The van der Waals surface area contributed by atoms with Gasteiger partial charge in [0.05, 0.1) is 11.9 Å². The number of benzene rings is 3. The summed E-state index contributed by atoms with van der Waals surface area (Å²) in [6.07, 6.45) is 1.23. The number of carbonyl (C=O) groups excluding carboxylic acids is 3. The molecule has 8 nitrogen and oxygen atoms in total. The van der Waals surface area contributed by atoms with E-state index in [4.69, 9.17) is 27.9 Å². The van der Waals surface area contributed by atoms with E-state index >= 15 is 0 Å². The maximum absolute atomic E-state index is 13.6. The van der Waals surface area contributed by atoms with E-state index in [9.17, 15) is 18.8 Å². The Hall–Kier alpha value is -3.47. The second-order valence-electron chi connectivity index (χ2n) is 6.81. The minimum atomic E-state index is -1.11. The zero-order chi connectivity index (χ0) is 25.4. The number of hydrogen-bond donors (Lipinski definition) is 3. The third kappa shape index (κ3) is 8.06. The number of nitrogens with zero attached hydrogens (tertiary/aromatic N) is 1. The fourth-order valence-corrected chi connectivity index (χ4v) is 3.58. The van der Waals surface area contributed by atoms with E-state index in [2.05, 4.69) is 31.7 Å². The molecule has 0 radical (unpaired) electrons. The molecule has 0 bridgehead atoms. The van der Waals surface area contributed by atoms with E-state index < -0.39 is 23.5 Å². The maximum atomic E-state index is 13.6. The van der Waals surface area contributed by atoms with Gasteiger partial charge in [-0.2, -0.15) is 5.10 Å². The van der Waals surface area contributed by atoms with Crippen LogP contribution in [0.1, 0.15) is 5.56 Å². The Bertz CT molecular complexity index is 1290. The quantitative estimate of drug-likeness (QED) is 0.207. The minimum Gasteiger partial charge on any atom is -0.483 e. The third-order valence-corrected chi connectivity index (χ3v) is 5.10. The number of carbonyl (C=O) groups is 3. The summed E-state index contributed by atoms with van der Waals surface area (Å²) in [7, 11) is 0. The van der Waals surface area contributed by atoms with Gasteiger partial charge in [-0.15, -0.1) is 0 Å². The second kappa shape index (κ2) is 12.3. The Labute approximate surface area is 217 Å². The molecule has 0 saturated carbocycles. The first-order valence-electron chi connectivity index (χ1n) is 9.78. The summed E-state index contributed by atoms with van der Waals surface area (Å²) >= 11 is 15.2. The van der Waals surface area contributed by atoms with Gasteiger partial charge in [-0.05, 0) is 48.5 Å². The molecule has 3 amide bonds. The molecular formula is C23H16BrCl2FN4O4. The molecule has 3 aromatic carbocycles. The van der Waals surface area contributed by atoms with Gasteiger partial charge in [-0.1, -0.05) is 51.3 Å². The Morgan fingerprint density at radius 3 is 2.40 bits per heavy atom. The van der Waals surface area contributed by atoms with Gasteiger partial charge in [0.1, 0.15) is 11.6 Å². The van der Waals surface area contributed by atoms with Crippen LogP contribution in [-0.4, -0.2) is 30.5 Å². The van der Waals surface area contributed by atoms with Gasteiger partial charge in [0, 0.05) is 25.8 Å². The summed E-state index contributed by atoms with van der Waals surface area (Å²) in [5, 5.41) is 9.22. The van der Waals surface area contributed by atoms with Gasteiger partial charge in [0.15, 0.2) is 6.61 Å². The highest BCUT2D eigenvalue weighted by atomic mass is 79.9. The molecule has 0 atom stereocenters. The Kier molecular flexibility index (Phi) is 9.18.